The van der Waals surface area contributed by atoms with Crippen LogP contribution in [0.3, 0.4) is 0 Å². The minimum atomic E-state index is -0.539. The number of nitrogens with zero attached hydrogens (tertiary/aromatic N) is 2. The lowest BCUT2D eigenvalue weighted by Gasteiger charge is -2.01. The number of rotatable bonds is 2. The summed E-state index contributed by atoms with van der Waals surface area (Å²) in [5, 5.41) is 16.6. The molecular formula is C7H8N2. The molecule has 0 N–H and O–H groups in total. The molecule has 0 saturated heterocycles. The minimum Gasteiger partial charge on any atom is -0.197 e. The molecule has 0 aromatic rings. The molecule has 0 rings (SSSR count). The maximum Gasteiger partial charge on any atom is 0.139 e. The molecule has 0 radical (unpaired) electrons. The molecule has 0 aliphatic carbocycles. The lowest BCUT2D eigenvalue weighted by atomic mass is 9.98. The van der Waals surface area contributed by atoms with Gasteiger partial charge in [0.1, 0.15) is 5.92 Å². The van der Waals surface area contributed by atoms with Gasteiger partial charge in [-0.3, -0.25) is 0 Å². The fourth-order valence-corrected chi connectivity index (χ4v) is 0.400. The molecule has 0 bridgehead atoms. The molecule has 0 amide bonds. The highest BCUT2D eigenvalue weighted by atomic mass is 14.3. The van der Waals surface area contributed by atoms with Crippen LogP contribution in [-0.2, 0) is 0 Å². The summed E-state index contributed by atoms with van der Waals surface area (Å²) in [5.41, 5.74) is 0. The molecule has 0 aromatic heterocycles. The van der Waals surface area contributed by atoms with Gasteiger partial charge in [0.25, 0.3) is 0 Å². The summed E-state index contributed by atoms with van der Waals surface area (Å²) in [6.07, 6.45) is 1.61. The first-order valence-electron chi connectivity index (χ1n) is 2.68. The highest BCUT2D eigenvalue weighted by Crippen LogP contribution is 2.08. The van der Waals surface area contributed by atoms with Gasteiger partial charge in [-0.15, -0.1) is 6.58 Å². The van der Waals surface area contributed by atoms with Gasteiger partial charge in [0.15, 0.2) is 0 Å². The van der Waals surface area contributed by atoms with Crippen LogP contribution in [0.5, 0.6) is 0 Å². The summed E-state index contributed by atoms with van der Waals surface area (Å²) in [4.78, 5) is 0. The average Bonchev–Trinajstić information content (AvgIpc) is 1.90. The maximum atomic E-state index is 8.31. The Morgan fingerprint density at radius 3 is 2.00 bits per heavy atom. The Kier molecular flexibility index (Phi) is 3.16. The third-order valence-electron chi connectivity index (χ3n) is 1.18. The Morgan fingerprint density at radius 2 is 1.89 bits per heavy atom. The van der Waals surface area contributed by atoms with Crippen LogP contribution in [0.1, 0.15) is 6.92 Å². The molecular weight excluding hydrogens is 112 g/mol. The van der Waals surface area contributed by atoms with E-state index in [0.29, 0.717) is 0 Å². The molecule has 0 fully saturated rings. The number of nitriles is 2. The highest BCUT2D eigenvalue weighted by molar-refractivity contribution is 5.05. The molecule has 0 aliphatic heterocycles. The Balaban J connectivity index is 4.03. The van der Waals surface area contributed by atoms with Crippen molar-refractivity contribution in [2.45, 2.75) is 6.92 Å². The van der Waals surface area contributed by atoms with Gasteiger partial charge >= 0.3 is 0 Å². The van der Waals surface area contributed by atoms with Crippen molar-refractivity contribution in [3.05, 3.63) is 12.7 Å². The smallest absolute Gasteiger partial charge is 0.139 e. The van der Waals surface area contributed by atoms with Crippen molar-refractivity contribution in [1.29, 1.82) is 10.5 Å². The maximum absolute atomic E-state index is 8.31. The zero-order valence-electron chi connectivity index (χ0n) is 5.33. The van der Waals surface area contributed by atoms with Crippen LogP contribution >= 0.6 is 0 Å². The third kappa shape index (κ3) is 1.97. The third-order valence-corrected chi connectivity index (χ3v) is 1.18. The first kappa shape index (κ1) is 7.72. The Labute approximate surface area is 55.0 Å². The minimum absolute atomic E-state index is 0.0278. The van der Waals surface area contributed by atoms with Crippen molar-refractivity contribution in [3.8, 4) is 12.1 Å². The van der Waals surface area contributed by atoms with Crippen molar-refractivity contribution >= 4 is 0 Å². The summed E-state index contributed by atoms with van der Waals surface area (Å²) in [6, 6.07) is 3.74. The molecule has 46 valence electrons. The Morgan fingerprint density at radius 1 is 1.44 bits per heavy atom. The zero-order chi connectivity index (χ0) is 7.28. The second-order valence-electron chi connectivity index (χ2n) is 1.83. The first-order valence-corrected chi connectivity index (χ1v) is 2.68. The second kappa shape index (κ2) is 3.69. The van der Waals surface area contributed by atoms with Gasteiger partial charge in [0.05, 0.1) is 12.1 Å². The van der Waals surface area contributed by atoms with E-state index in [2.05, 4.69) is 6.58 Å². The molecule has 1 unspecified atom stereocenters. The quantitative estimate of drug-likeness (QED) is 0.518. The molecule has 2 nitrogen and oxygen atoms in total. The van der Waals surface area contributed by atoms with E-state index >= 15 is 0 Å². The van der Waals surface area contributed by atoms with Crippen LogP contribution in [0.25, 0.3) is 0 Å². The van der Waals surface area contributed by atoms with E-state index in [-0.39, 0.29) is 5.92 Å². The number of allylic oxidation sites excluding steroid dienone is 1. The molecule has 9 heavy (non-hydrogen) atoms. The van der Waals surface area contributed by atoms with E-state index in [9.17, 15) is 0 Å². The predicted octanol–water partition coefficient (Wildman–Crippen LogP) is 1.47. The molecule has 0 saturated carbocycles. The van der Waals surface area contributed by atoms with Crippen molar-refractivity contribution < 1.29 is 0 Å². The molecule has 0 spiro atoms. The Hall–Kier alpha value is -1.28. The SMILES string of the molecule is C=CC(C)C(C#N)C#N. The molecule has 1 atom stereocenters. The first-order chi connectivity index (χ1) is 4.26. The number of hydrogen-bond donors (Lipinski definition) is 0. The lowest BCUT2D eigenvalue weighted by Crippen LogP contribution is -2.02. The second-order valence-corrected chi connectivity index (χ2v) is 1.83. The van der Waals surface area contributed by atoms with Gasteiger partial charge in [-0.25, -0.2) is 0 Å². The van der Waals surface area contributed by atoms with Gasteiger partial charge in [0.2, 0.25) is 0 Å². The van der Waals surface area contributed by atoms with Crippen molar-refractivity contribution in [1.82, 2.24) is 0 Å². The van der Waals surface area contributed by atoms with Crippen LogP contribution < -0.4 is 0 Å². The van der Waals surface area contributed by atoms with E-state index in [1.54, 1.807) is 13.0 Å². The predicted molar refractivity (Wildman–Crippen MR) is 34.1 cm³/mol. The van der Waals surface area contributed by atoms with Gasteiger partial charge < -0.3 is 0 Å². The normalized spacial score (nSPS) is 11.6. The largest absolute Gasteiger partial charge is 0.197 e. The van der Waals surface area contributed by atoms with Crippen molar-refractivity contribution in [2.75, 3.05) is 0 Å². The lowest BCUT2D eigenvalue weighted by molar-refractivity contribution is 0.636. The van der Waals surface area contributed by atoms with Gasteiger partial charge in [0, 0.05) is 5.92 Å². The van der Waals surface area contributed by atoms with Gasteiger partial charge in [-0.2, -0.15) is 10.5 Å². The molecule has 2 heteroatoms. The topological polar surface area (TPSA) is 47.6 Å². The van der Waals surface area contributed by atoms with Crippen LogP contribution in [0.2, 0.25) is 0 Å². The van der Waals surface area contributed by atoms with E-state index in [1.807, 2.05) is 12.1 Å². The summed E-state index contributed by atoms with van der Waals surface area (Å²) in [5.74, 6) is -0.567. The zero-order valence-corrected chi connectivity index (χ0v) is 5.33. The van der Waals surface area contributed by atoms with Gasteiger partial charge in [-0.1, -0.05) is 13.0 Å². The standard InChI is InChI=1S/C7H8N2/c1-3-6(2)7(4-8)5-9/h3,6-7H,1H2,2H3. The summed E-state index contributed by atoms with van der Waals surface area (Å²) in [6.45, 7) is 5.27. The fraction of sp³-hybridized carbons (Fsp3) is 0.429. The van der Waals surface area contributed by atoms with E-state index in [0.717, 1.165) is 0 Å². The number of hydrogen-bond acceptors (Lipinski definition) is 2. The van der Waals surface area contributed by atoms with E-state index < -0.39 is 5.92 Å². The van der Waals surface area contributed by atoms with E-state index in [1.165, 1.54) is 0 Å². The van der Waals surface area contributed by atoms with Crippen LogP contribution in [0, 0.1) is 34.5 Å². The van der Waals surface area contributed by atoms with Crippen LogP contribution in [0.4, 0.5) is 0 Å². The average molecular weight is 120 g/mol. The molecule has 0 aromatic carbocycles. The summed E-state index contributed by atoms with van der Waals surface area (Å²) >= 11 is 0. The monoisotopic (exact) mass is 120 g/mol. The molecule has 0 heterocycles. The highest BCUT2D eigenvalue weighted by Gasteiger charge is 2.10. The molecule has 0 aliphatic rings. The van der Waals surface area contributed by atoms with Gasteiger partial charge in [-0.05, 0) is 0 Å². The summed E-state index contributed by atoms with van der Waals surface area (Å²) < 4.78 is 0. The Bertz CT molecular complexity index is 156. The van der Waals surface area contributed by atoms with Crippen LogP contribution in [-0.4, -0.2) is 0 Å². The van der Waals surface area contributed by atoms with E-state index in [4.69, 9.17) is 10.5 Å². The van der Waals surface area contributed by atoms with Crippen molar-refractivity contribution in [2.24, 2.45) is 11.8 Å². The van der Waals surface area contributed by atoms with Crippen molar-refractivity contribution in [3.63, 3.8) is 0 Å². The van der Waals surface area contributed by atoms with Crippen LogP contribution in [0.15, 0.2) is 12.7 Å². The summed E-state index contributed by atoms with van der Waals surface area (Å²) in [7, 11) is 0. The fourth-order valence-electron chi connectivity index (χ4n) is 0.400.